The molecule has 1 N–H and O–H groups in total. The summed E-state index contributed by atoms with van der Waals surface area (Å²) in [6, 6.07) is 5.88. The Morgan fingerprint density at radius 2 is 2.00 bits per heavy atom. The number of methoxy groups -OCH3 is 1. The third-order valence-corrected chi connectivity index (χ3v) is 3.80. The molecule has 0 aliphatic carbocycles. The molecule has 0 fully saturated rings. The van der Waals surface area contributed by atoms with E-state index in [1.165, 1.54) is 19.2 Å². The average molecular weight is 336 g/mol. The number of benzene rings is 1. The van der Waals surface area contributed by atoms with Gasteiger partial charge in [-0.05, 0) is 30.3 Å². The molecule has 2 rings (SSSR count). The van der Waals surface area contributed by atoms with Gasteiger partial charge in [0, 0.05) is 0 Å². The lowest BCUT2D eigenvalue weighted by Crippen LogP contribution is -2.13. The molecule has 1 heterocycles. The Kier molecular flexibility index (Phi) is 4.43. The third-order valence-electron chi connectivity index (χ3n) is 2.57. The zero-order valence-electron chi connectivity index (χ0n) is 10.6. The van der Waals surface area contributed by atoms with Crippen LogP contribution in [0.2, 0.25) is 4.34 Å². The van der Waals surface area contributed by atoms with Gasteiger partial charge in [-0.25, -0.2) is 0 Å². The maximum absolute atomic E-state index is 12.7. The first-order chi connectivity index (χ1) is 9.81. The number of nitrogens with one attached hydrogen (secondary N) is 1. The number of alkyl halides is 3. The number of halogens is 4. The van der Waals surface area contributed by atoms with Crippen molar-refractivity contribution in [3.8, 4) is 5.75 Å². The average Bonchev–Trinajstić information content (AvgIpc) is 2.84. The lowest BCUT2D eigenvalue weighted by molar-refractivity contribution is -0.137. The highest BCUT2D eigenvalue weighted by atomic mass is 35.5. The van der Waals surface area contributed by atoms with Crippen LogP contribution in [0.4, 0.5) is 18.9 Å². The van der Waals surface area contributed by atoms with Crippen LogP contribution in [0.5, 0.6) is 5.75 Å². The number of anilines is 1. The summed E-state index contributed by atoms with van der Waals surface area (Å²) in [5.41, 5.74) is -0.926. The van der Waals surface area contributed by atoms with E-state index >= 15 is 0 Å². The minimum Gasteiger partial charge on any atom is -0.495 e. The molecule has 21 heavy (non-hydrogen) atoms. The van der Waals surface area contributed by atoms with Crippen molar-refractivity contribution in [1.82, 2.24) is 0 Å². The van der Waals surface area contributed by atoms with Crippen molar-refractivity contribution in [2.75, 3.05) is 12.4 Å². The second kappa shape index (κ2) is 5.95. The van der Waals surface area contributed by atoms with Crippen LogP contribution in [0, 0.1) is 0 Å². The van der Waals surface area contributed by atoms with Crippen LogP contribution in [0.1, 0.15) is 15.2 Å². The van der Waals surface area contributed by atoms with Gasteiger partial charge in [0.15, 0.2) is 0 Å². The van der Waals surface area contributed by atoms with E-state index in [0.717, 1.165) is 29.5 Å². The van der Waals surface area contributed by atoms with Crippen molar-refractivity contribution in [1.29, 1.82) is 0 Å². The van der Waals surface area contributed by atoms with Gasteiger partial charge in [-0.3, -0.25) is 4.79 Å². The Balaban J connectivity index is 2.31. The molecule has 8 heteroatoms. The quantitative estimate of drug-likeness (QED) is 0.884. The van der Waals surface area contributed by atoms with E-state index in [2.05, 4.69) is 5.32 Å². The van der Waals surface area contributed by atoms with E-state index in [1.807, 2.05) is 0 Å². The molecule has 0 radical (unpaired) electrons. The van der Waals surface area contributed by atoms with Crippen LogP contribution in [-0.4, -0.2) is 13.0 Å². The van der Waals surface area contributed by atoms with Crippen LogP contribution in [-0.2, 0) is 6.18 Å². The lowest BCUT2D eigenvalue weighted by atomic mass is 10.1. The van der Waals surface area contributed by atoms with Gasteiger partial charge in [0.05, 0.1) is 27.6 Å². The fourth-order valence-corrected chi connectivity index (χ4v) is 2.54. The predicted octanol–water partition coefficient (Wildman–Crippen LogP) is 4.68. The Morgan fingerprint density at radius 1 is 1.29 bits per heavy atom. The van der Waals surface area contributed by atoms with Gasteiger partial charge < -0.3 is 10.1 Å². The Morgan fingerprint density at radius 3 is 2.52 bits per heavy atom. The summed E-state index contributed by atoms with van der Waals surface area (Å²) in [6.07, 6.45) is -4.50. The smallest absolute Gasteiger partial charge is 0.416 e. The first kappa shape index (κ1) is 15.7. The first-order valence-electron chi connectivity index (χ1n) is 5.63. The van der Waals surface area contributed by atoms with Crippen LogP contribution in [0.3, 0.4) is 0 Å². The molecular formula is C13H9ClF3NO2S. The minimum absolute atomic E-state index is 0.0538. The molecule has 1 aromatic carbocycles. The van der Waals surface area contributed by atoms with Crippen molar-refractivity contribution < 1.29 is 22.7 Å². The minimum atomic E-state index is -4.50. The van der Waals surface area contributed by atoms with E-state index < -0.39 is 17.6 Å². The van der Waals surface area contributed by atoms with Crippen LogP contribution in [0.25, 0.3) is 0 Å². The number of hydrogen-bond acceptors (Lipinski definition) is 3. The summed E-state index contributed by atoms with van der Waals surface area (Å²) < 4.78 is 43.5. The Labute approximate surface area is 127 Å². The van der Waals surface area contributed by atoms with E-state index in [4.69, 9.17) is 16.3 Å². The number of hydrogen-bond donors (Lipinski definition) is 1. The van der Waals surface area contributed by atoms with E-state index in [1.54, 1.807) is 0 Å². The van der Waals surface area contributed by atoms with Gasteiger partial charge in [0.2, 0.25) is 0 Å². The fraction of sp³-hybridized carbons (Fsp3) is 0.154. The predicted molar refractivity (Wildman–Crippen MR) is 75.3 cm³/mol. The molecular weight excluding hydrogens is 327 g/mol. The normalized spacial score (nSPS) is 11.3. The zero-order valence-corrected chi connectivity index (χ0v) is 12.2. The molecule has 2 aromatic rings. The topological polar surface area (TPSA) is 38.3 Å². The molecule has 1 aromatic heterocycles. The van der Waals surface area contributed by atoms with Gasteiger partial charge in [-0.15, -0.1) is 11.3 Å². The van der Waals surface area contributed by atoms with Crippen LogP contribution in [0.15, 0.2) is 30.3 Å². The van der Waals surface area contributed by atoms with Crippen molar-refractivity contribution in [3.63, 3.8) is 0 Å². The van der Waals surface area contributed by atoms with Gasteiger partial charge in [0.25, 0.3) is 5.91 Å². The van der Waals surface area contributed by atoms with Gasteiger partial charge in [0.1, 0.15) is 5.75 Å². The summed E-state index contributed by atoms with van der Waals surface area (Å²) in [5.74, 6) is -0.413. The second-order valence-corrected chi connectivity index (χ2v) is 5.69. The van der Waals surface area contributed by atoms with Crippen molar-refractivity contribution in [3.05, 3.63) is 45.1 Å². The van der Waals surface area contributed by atoms with E-state index in [-0.39, 0.29) is 11.4 Å². The molecule has 0 unspecified atom stereocenters. The molecule has 0 aliphatic rings. The second-order valence-electron chi connectivity index (χ2n) is 3.97. The summed E-state index contributed by atoms with van der Waals surface area (Å²) in [7, 11) is 1.31. The molecule has 0 aliphatic heterocycles. The monoisotopic (exact) mass is 335 g/mol. The summed E-state index contributed by atoms with van der Waals surface area (Å²) in [6.45, 7) is 0. The van der Waals surface area contributed by atoms with E-state index in [0.29, 0.717) is 9.21 Å². The molecule has 112 valence electrons. The number of carbonyl (C=O) groups excluding carboxylic acids is 1. The molecule has 3 nitrogen and oxygen atoms in total. The maximum atomic E-state index is 12.7. The van der Waals surface area contributed by atoms with Crippen molar-refractivity contribution >= 4 is 34.5 Å². The van der Waals surface area contributed by atoms with E-state index in [9.17, 15) is 18.0 Å². The van der Waals surface area contributed by atoms with Crippen molar-refractivity contribution in [2.24, 2.45) is 0 Å². The largest absolute Gasteiger partial charge is 0.495 e. The highest BCUT2D eigenvalue weighted by Crippen LogP contribution is 2.35. The van der Waals surface area contributed by atoms with Crippen LogP contribution >= 0.6 is 22.9 Å². The number of ether oxygens (including phenoxy) is 1. The van der Waals surface area contributed by atoms with Crippen LogP contribution < -0.4 is 10.1 Å². The maximum Gasteiger partial charge on any atom is 0.416 e. The van der Waals surface area contributed by atoms with Gasteiger partial charge in [-0.2, -0.15) is 13.2 Å². The Bertz CT molecular complexity index is 670. The zero-order chi connectivity index (χ0) is 15.6. The van der Waals surface area contributed by atoms with Gasteiger partial charge in [-0.1, -0.05) is 11.6 Å². The molecule has 0 atom stereocenters. The highest BCUT2D eigenvalue weighted by Gasteiger charge is 2.31. The molecule has 0 bridgehead atoms. The molecule has 0 saturated carbocycles. The molecule has 0 saturated heterocycles. The Hall–Kier alpha value is -1.73. The summed E-state index contributed by atoms with van der Waals surface area (Å²) in [4.78, 5) is 12.3. The number of thiophene rings is 1. The standard InChI is InChI=1S/C13H9ClF3NO2S/c1-20-9-3-2-7(13(15,16)17)6-8(9)18-12(19)10-4-5-11(14)21-10/h2-6H,1H3,(H,18,19). The fourth-order valence-electron chi connectivity index (χ4n) is 1.60. The summed E-state index contributed by atoms with van der Waals surface area (Å²) in [5, 5.41) is 2.39. The first-order valence-corrected chi connectivity index (χ1v) is 6.82. The SMILES string of the molecule is COc1ccc(C(F)(F)F)cc1NC(=O)c1ccc(Cl)s1. The number of amides is 1. The lowest BCUT2D eigenvalue weighted by Gasteiger charge is -2.13. The number of carbonyl (C=O) groups is 1. The highest BCUT2D eigenvalue weighted by molar-refractivity contribution is 7.18. The molecule has 0 spiro atoms. The molecule has 1 amide bonds. The number of rotatable bonds is 3. The van der Waals surface area contributed by atoms with Crippen molar-refractivity contribution in [2.45, 2.75) is 6.18 Å². The van der Waals surface area contributed by atoms with Gasteiger partial charge >= 0.3 is 6.18 Å². The summed E-state index contributed by atoms with van der Waals surface area (Å²) >= 11 is 6.74. The third kappa shape index (κ3) is 3.68.